The van der Waals surface area contributed by atoms with Crippen LogP contribution >= 0.6 is 0 Å². The van der Waals surface area contributed by atoms with Crippen molar-refractivity contribution in [3.63, 3.8) is 0 Å². The van der Waals surface area contributed by atoms with E-state index in [1.807, 2.05) is 0 Å². The predicted octanol–water partition coefficient (Wildman–Crippen LogP) is 0.481. The molecule has 2 aliphatic rings. The topological polar surface area (TPSA) is 68.2 Å². The van der Waals surface area contributed by atoms with Crippen molar-refractivity contribution in [2.75, 3.05) is 0 Å². The summed E-state index contributed by atoms with van der Waals surface area (Å²) in [4.78, 5) is 27.1. The Kier molecular flexibility index (Phi) is 2.49. The average Bonchev–Trinajstić information content (AvgIpc) is 2.36. The summed E-state index contributed by atoms with van der Waals surface area (Å²) in [5, 5.41) is 4.75. The summed E-state index contributed by atoms with van der Waals surface area (Å²) >= 11 is 0. The summed E-state index contributed by atoms with van der Waals surface area (Å²) in [6.45, 7) is 0. The molecule has 0 aromatic heterocycles. The van der Waals surface area contributed by atoms with Gasteiger partial charge in [-0.15, -0.1) is 0 Å². The molecule has 2 rings (SSSR count). The molecule has 0 fully saturated rings. The van der Waals surface area contributed by atoms with Gasteiger partial charge < -0.3 is 9.57 Å². The van der Waals surface area contributed by atoms with Crippen LogP contribution < -0.4 is 0 Å². The van der Waals surface area contributed by atoms with Crippen molar-refractivity contribution >= 4 is 17.8 Å². The maximum absolute atomic E-state index is 11.2. The summed E-state index contributed by atoms with van der Waals surface area (Å²) in [5.41, 5.74) is 0. The lowest BCUT2D eigenvalue weighted by molar-refractivity contribution is -0.178. The molecule has 0 aromatic carbocycles. The molecule has 6 heteroatoms. The molecule has 15 heavy (non-hydrogen) atoms. The summed E-state index contributed by atoms with van der Waals surface area (Å²) < 4.78 is 4.88. The molecule has 0 spiro atoms. The van der Waals surface area contributed by atoms with Crippen molar-refractivity contribution in [1.29, 1.82) is 0 Å². The SMILES string of the molecule is O=C1CCC(=O)ON2C=CC=CC(=N2)O1. The lowest BCUT2D eigenvalue weighted by atomic mass is 10.3. The fourth-order valence-corrected chi connectivity index (χ4v) is 1.05. The van der Waals surface area contributed by atoms with Crippen LogP contribution in [0.5, 0.6) is 0 Å². The monoisotopic (exact) mass is 208 g/mol. The smallest absolute Gasteiger partial charge is 0.335 e. The van der Waals surface area contributed by atoms with E-state index in [2.05, 4.69) is 5.10 Å². The number of hydroxylamine groups is 1. The highest BCUT2D eigenvalue weighted by Crippen LogP contribution is 2.08. The first-order valence-electron chi connectivity index (χ1n) is 4.38. The van der Waals surface area contributed by atoms with E-state index in [0.29, 0.717) is 0 Å². The zero-order valence-electron chi connectivity index (χ0n) is 7.75. The number of fused-ring (bicyclic) bond motifs is 1. The number of nitrogens with zero attached hydrogens (tertiary/aromatic N) is 2. The molecule has 2 heterocycles. The number of esters is 1. The van der Waals surface area contributed by atoms with Gasteiger partial charge in [-0.25, -0.2) is 4.79 Å². The fraction of sp³-hybridized carbons (Fsp3) is 0.222. The van der Waals surface area contributed by atoms with E-state index < -0.39 is 11.9 Å². The van der Waals surface area contributed by atoms with Crippen molar-refractivity contribution in [2.45, 2.75) is 12.8 Å². The van der Waals surface area contributed by atoms with Gasteiger partial charge in [0.1, 0.15) is 0 Å². The first-order chi connectivity index (χ1) is 7.24. The standard InChI is InChI=1S/C9H8N2O4/c12-8-4-5-9(13)15-11-6-2-1-3-7(10-11)14-8/h1-3,6H,4-5H2. The summed E-state index contributed by atoms with van der Waals surface area (Å²) in [6.07, 6.45) is 6.16. The van der Waals surface area contributed by atoms with E-state index in [4.69, 9.17) is 9.57 Å². The molecule has 0 N–H and O–H groups in total. The molecule has 0 saturated heterocycles. The maximum atomic E-state index is 11.2. The van der Waals surface area contributed by atoms with Gasteiger partial charge in [0.05, 0.1) is 19.0 Å². The molecule has 0 aromatic rings. The van der Waals surface area contributed by atoms with E-state index in [-0.39, 0.29) is 18.7 Å². The van der Waals surface area contributed by atoms with Gasteiger partial charge in [0.15, 0.2) is 0 Å². The van der Waals surface area contributed by atoms with Gasteiger partial charge in [0, 0.05) is 6.08 Å². The Bertz CT molecular complexity index is 384. The third-order valence-corrected chi connectivity index (χ3v) is 1.71. The van der Waals surface area contributed by atoms with Gasteiger partial charge in [-0.3, -0.25) is 4.79 Å². The lowest BCUT2D eigenvalue weighted by Gasteiger charge is -2.10. The zero-order valence-corrected chi connectivity index (χ0v) is 7.75. The Hall–Kier alpha value is -2.11. The Morgan fingerprint density at radius 3 is 2.87 bits per heavy atom. The molecule has 0 amide bonds. The molecule has 0 aliphatic carbocycles. The third-order valence-electron chi connectivity index (χ3n) is 1.71. The van der Waals surface area contributed by atoms with E-state index in [0.717, 1.165) is 5.17 Å². The highest BCUT2D eigenvalue weighted by molar-refractivity contribution is 5.96. The molecular formula is C9H8N2O4. The minimum atomic E-state index is -0.525. The first kappa shape index (κ1) is 9.45. The van der Waals surface area contributed by atoms with Crippen LogP contribution in [0.1, 0.15) is 12.8 Å². The second-order valence-electron chi connectivity index (χ2n) is 2.88. The molecule has 6 nitrogen and oxygen atoms in total. The number of ether oxygens (including phenoxy) is 1. The highest BCUT2D eigenvalue weighted by Gasteiger charge is 2.17. The van der Waals surface area contributed by atoms with E-state index >= 15 is 0 Å². The van der Waals surface area contributed by atoms with Gasteiger partial charge >= 0.3 is 11.9 Å². The summed E-state index contributed by atoms with van der Waals surface area (Å²) in [7, 11) is 0. The number of hydrogen-bond acceptors (Lipinski definition) is 6. The first-order valence-corrected chi connectivity index (χ1v) is 4.38. The zero-order chi connectivity index (χ0) is 10.7. The van der Waals surface area contributed by atoms with Crippen molar-refractivity contribution in [3.05, 3.63) is 24.4 Å². The lowest BCUT2D eigenvalue weighted by Crippen LogP contribution is -2.17. The van der Waals surface area contributed by atoms with Crippen molar-refractivity contribution in [1.82, 2.24) is 5.17 Å². The number of hydrogen-bond donors (Lipinski definition) is 0. The van der Waals surface area contributed by atoms with Crippen LogP contribution in [-0.4, -0.2) is 23.0 Å². The van der Waals surface area contributed by atoms with Crippen LogP contribution in [-0.2, 0) is 19.2 Å². The van der Waals surface area contributed by atoms with Crippen LogP contribution in [0.3, 0.4) is 0 Å². The average molecular weight is 208 g/mol. The molecule has 78 valence electrons. The van der Waals surface area contributed by atoms with E-state index in [1.165, 1.54) is 12.3 Å². The maximum Gasteiger partial charge on any atom is 0.335 e. The van der Waals surface area contributed by atoms with Crippen molar-refractivity contribution in [2.24, 2.45) is 5.10 Å². The Morgan fingerprint density at radius 1 is 1.20 bits per heavy atom. The van der Waals surface area contributed by atoms with Crippen LogP contribution in [0.25, 0.3) is 0 Å². The van der Waals surface area contributed by atoms with Gasteiger partial charge in [0.25, 0.3) is 0 Å². The molecule has 0 radical (unpaired) electrons. The summed E-state index contributed by atoms with van der Waals surface area (Å²) in [6, 6.07) is 0. The second-order valence-corrected chi connectivity index (χ2v) is 2.88. The normalized spacial score (nSPS) is 20.5. The molecular weight excluding hydrogens is 200 g/mol. The van der Waals surface area contributed by atoms with Crippen LogP contribution in [0.15, 0.2) is 29.5 Å². The van der Waals surface area contributed by atoms with Gasteiger partial charge in [-0.05, 0) is 6.08 Å². The summed E-state index contributed by atoms with van der Waals surface area (Å²) in [5.74, 6) is -0.928. The van der Waals surface area contributed by atoms with E-state index in [9.17, 15) is 9.59 Å². The van der Waals surface area contributed by atoms with Crippen LogP contribution in [0.4, 0.5) is 0 Å². The van der Waals surface area contributed by atoms with Crippen LogP contribution in [0.2, 0.25) is 0 Å². The minimum Gasteiger partial charge on any atom is -0.406 e. The van der Waals surface area contributed by atoms with Crippen molar-refractivity contribution in [3.8, 4) is 0 Å². The largest absolute Gasteiger partial charge is 0.406 e. The Labute approximate surface area is 85.4 Å². The van der Waals surface area contributed by atoms with Crippen molar-refractivity contribution < 1.29 is 19.2 Å². The quantitative estimate of drug-likeness (QED) is 0.541. The Morgan fingerprint density at radius 2 is 2.00 bits per heavy atom. The van der Waals surface area contributed by atoms with Gasteiger partial charge in [-0.1, -0.05) is 16.3 Å². The molecule has 0 saturated carbocycles. The number of carbonyl (C=O) groups excluding carboxylic acids is 2. The third kappa shape index (κ3) is 2.43. The second kappa shape index (κ2) is 3.95. The fourth-order valence-electron chi connectivity index (χ4n) is 1.05. The Balaban J connectivity index is 2.25. The number of rotatable bonds is 0. The molecule has 0 unspecified atom stereocenters. The van der Waals surface area contributed by atoms with Gasteiger partial charge in [-0.2, -0.15) is 0 Å². The van der Waals surface area contributed by atoms with E-state index in [1.54, 1.807) is 12.2 Å². The van der Waals surface area contributed by atoms with Crippen LogP contribution in [0, 0.1) is 0 Å². The number of hydrazone groups is 1. The predicted molar refractivity (Wildman–Crippen MR) is 49.0 cm³/mol. The highest BCUT2D eigenvalue weighted by atomic mass is 16.7. The van der Waals surface area contributed by atoms with Gasteiger partial charge in [0.2, 0.25) is 5.90 Å². The minimum absolute atomic E-state index is 0.0107. The number of carbonyl (C=O) groups is 2. The molecule has 0 atom stereocenters. The molecule has 2 aliphatic heterocycles. The molecule has 2 bridgehead atoms. The number of allylic oxidation sites excluding steroid dienone is 2.